The van der Waals surface area contributed by atoms with E-state index in [1.807, 2.05) is 6.92 Å². The summed E-state index contributed by atoms with van der Waals surface area (Å²) in [6.07, 6.45) is -0.414. The van der Waals surface area contributed by atoms with Crippen LogP contribution in [0.25, 0.3) is 0 Å². The molecule has 1 fully saturated rings. The highest BCUT2D eigenvalue weighted by molar-refractivity contribution is 6.12. The molecule has 1 atom stereocenters. The average Bonchev–Trinajstić information content (AvgIpc) is 3.47. The van der Waals surface area contributed by atoms with E-state index >= 15 is 0 Å². The second-order valence-corrected chi connectivity index (χ2v) is 8.07. The Hall–Kier alpha value is -2.90. The van der Waals surface area contributed by atoms with Gasteiger partial charge in [0.05, 0.1) is 11.3 Å². The van der Waals surface area contributed by atoms with Gasteiger partial charge in [0.2, 0.25) is 5.91 Å². The number of benzene rings is 2. The van der Waals surface area contributed by atoms with Crippen LogP contribution in [0.5, 0.6) is 0 Å². The van der Waals surface area contributed by atoms with Gasteiger partial charge in [0, 0.05) is 30.7 Å². The van der Waals surface area contributed by atoms with Crippen LogP contribution in [0, 0.1) is 11.7 Å². The summed E-state index contributed by atoms with van der Waals surface area (Å²) in [5.41, 5.74) is 0.408. The summed E-state index contributed by atoms with van der Waals surface area (Å²) in [4.78, 5) is 18.1. The summed E-state index contributed by atoms with van der Waals surface area (Å²) in [5.74, 6) is -1.29. The topological polar surface area (TPSA) is 44.7 Å². The highest BCUT2D eigenvalue weighted by Gasteiger charge is 2.36. The van der Waals surface area contributed by atoms with E-state index in [1.54, 1.807) is 4.90 Å². The molecule has 1 amide bonds. The molecular formula is C23H23F4N3O. The molecule has 4 rings (SSSR count). The van der Waals surface area contributed by atoms with Crippen LogP contribution in [0.15, 0.2) is 41.4 Å². The smallest absolute Gasteiger partial charge is 0.371 e. The molecule has 1 aliphatic carbocycles. The van der Waals surface area contributed by atoms with Gasteiger partial charge < -0.3 is 10.2 Å². The molecule has 8 heteroatoms. The van der Waals surface area contributed by atoms with Crippen molar-refractivity contribution in [1.29, 1.82) is 0 Å². The van der Waals surface area contributed by atoms with E-state index in [-0.39, 0.29) is 11.4 Å². The maximum atomic E-state index is 13.8. The Bertz CT molecular complexity index is 1010. The van der Waals surface area contributed by atoms with Crippen molar-refractivity contribution in [2.24, 2.45) is 10.9 Å². The average molecular weight is 433 g/mol. The van der Waals surface area contributed by atoms with E-state index in [9.17, 15) is 22.4 Å². The molecule has 4 nitrogen and oxygen atoms in total. The predicted molar refractivity (Wildman–Crippen MR) is 113 cm³/mol. The molecular weight excluding hydrogens is 410 g/mol. The third-order valence-electron chi connectivity index (χ3n) is 5.56. The number of alkyl halides is 3. The number of nitrogens with zero attached hydrogens (tertiary/aromatic N) is 2. The molecule has 0 bridgehead atoms. The summed E-state index contributed by atoms with van der Waals surface area (Å²) in [6.45, 7) is 3.11. The highest BCUT2D eigenvalue weighted by Crippen LogP contribution is 2.41. The zero-order chi connectivity index (χ0) is 22.2. The van der Waals surface area contributed by atoms with Crippen molar-refractivity contribution in [1.82, 2.24) is 0 Å². The Kier molecular flexibility index (Phi) is 5.73. The van der Waals surface area contributed by atoms with Gasteiger partial charge in [-0.3, -0.25) is 9.79 Å². The molecule has 1 aliphatic heterocycles. The number of hydrogen-bond donors (Lipinski definition) is 1. The van der Waals surface area contributed by atoms with Crippen molar-refractivity contribution in [2.75, 3.05) is 23.3 Å². The minimum absolute atomic E-state index is 0.0941. The molecule has 2 aromatic carbocycles. The first-order valence-electron chi connectivity index (χ1n) is 10.4. The van der Waals surface area contributed by atoms with Crippen LogP contribution in [-0.4, -0.2) is 25.2 Å². The minimum atomic E-state index is -4.53. The van der Waals surface area contributed by atoms with Gasteiger partial charge in [-0.05, 0) is 67.1 Å². The Morgan fingerprint density at radius 1 is 1.19 bits per heavy atom. The normalized spacial score (nSPS) is 18.4. The SMILES string of the molecule is CCCN(CC1CC1)c1ccc(N=CC2C(=O)Nc3ccc(F)cc32)cc1C(F)(F)F. The van der Waals surface area contributed by atoms with Gasteiger partial charge in [0.1, 0.15) is 11.7 Å². The number of rotatable bonds is 7. The van der Waals surface area contributed by atoms with E-state index in [1.165, 1.54) is 36.5 Å². The zero-order valence-corrected chi connectivity index (χ0v) is 17.0. The van der Waals surface area contributed by atoms with E-state index in [0.29, 0.717) is 30.3 Å². The van der Waals surface area contributed by atoms with Gasteiger partial charge in [-0.15, -0.1) is 0 Å². The van der Waals surface area contributed by atoms with Crippen LogP contribution in [-0.2, 0) is 11.0 Å². The minimum Gasteiger partial charge on any atom is -0.371 e. The summed E-state index contributed by atoms with van der Waals surface area (Å²) < 4.78 is 55.1. The third-order valence-corrected chi connectivity index (χ3v) is 5.56. The molecule has 0 radical (unpaired) electrons. The number of aliphatic imine (C=N–C) groups is 1. The molecule has 1 unspecified atom stereocenters. The summed E-state index contributed by atoms with van der Waals surface area (Å²) >= 11 is 0. The van der Waals surface area contributed by atoms with E-state index < -0.39 is 29.4 Å². The number of anilines is 2. The van der Waals surface area contributed by atoms with Crippen LogP contribution in [0.3, 0.4) is 0 Å². The second-order valence-electron chi connectivity index (χ2n) is 8.07. The van der Waals surface area contributed by atoms with Crippen molar-refractivity contribution in [3.63, 3.8) is 0 Å². The quantitative estimate of drug-likeness (QED) is 0.436. The Balaban J connectivity index is 1.64. The lowest BCUT2D eigenvalue weighted by atomic mass is 10.0. The van der Waals surface area contributed by atoms with Gasteiger partial charge in [-0.25, -0.2) is 4.39 Å². The van der Waals surface area contributed by atoms with Gasteiger partial charge >= 0.3 is 6.18 Å². The predicted octanol–water partition coefficient (Wildman–Crippen LogP) is 5.91. The van der Waals surface area contributed by atoms with Gasteiger partial charge in [-0.2, -0.15) is 13.2 Å². The Morgan fingerprint density at radius 3 is 2.65 bits per heavy atom. The molecule has 2 aromatic rings. The summed E-state index contributed by atoms with van der Waals surface area (Å²) in [5, 5.41) is 2.63. The summed E-state index contributed by atoms with van der Waals surface area (Å²) in [7, 11) is 0. The highest BCUT2D eigenvalue weighted by atomic mass is 19.4. The van der Waals surface area contributed by atoms with Crippen molar-refractivity contribution in [2.45, 2.75) is 38.3 Å². The first-order valence-corrected chi connectivity index (χ1v) is 10.4. The first-order chi connectivity index (χ1) is 14.8. The standard InChI is InChI=1S/C23H23F4N3O/c1-2-9-30(13-14-3-4-14)21-8-6-16(11-19(21)23(25,26)27)28-12-18-17-10-15(24)5-7-20(17)29-22(18)31/h5-8,10-12,14,18H,2-4,9,13H2,1H3,(H,29,31). The lowest BCUT2D eigenvalue weighted by Crippen LogP contribution is -2.28. The molecule has 164 valence electrons. The molecule has 31 heavy (non-hydrogen) atoms. The number of fused-ring (bicyclic) bond motifs is 1. The molecule has 0 saturated heterocycles. The molecule has 0 spiro atoms. The van der Waals surface area contributed by atoms with E-state index in [0.717, 1.165) is 25.3 Å². The molecule has 1 heterocycles. The Morgan fingerprint density at radius 2 is 1.97 bits per heavy atom. The zero-order valence-electron chi connectivity index (χ0n) is 17.0. The van der Waals surface area contributed by atoms with Crippen molar-refractivity contribution >= 4 is 29.2 Å². The lowest BCUT2D eigenvalue weighted by Gasteiger charge is -2.27. The van der Waals surface area contributed by atoms with Gasteiger partial charge in [0.25, 0.3) is 0 Å². The number of carbonyl (C=O) groups excluding carboxylic acids is 1. The monoisotopic (exact) mass is 433 g/mol. The molecule has 1 N–H and O–H groups in total. The second kappa shape index (κ2) is 8.32. The van der Waals surface area contributed by atoms with Gasteiger partial charge in [-0.1, -0.05) is 6.92 Å². The number of amides is 1. The first kappa shape index (κ1) is 21.3. The maximum absolute atomic E-state index is 13.8. The van der Waals surface area contributed by atoms with Crippen LogP contribution in [0.4, 0.5) is 34.6 Å². The van der Waals surface area contributed by atoms with E-state index in [4.69, 9.17) is 0 Å². The largest absolute Gasteiger partial charge is 0.418 e. The third kappa shape index (κ3) is 4.73. The molecule has 2 aliphatic rings. The van der Waals surface area contributed by atoms with E-state index in [2.05, 4.69) is 10.3 Å². The lowest BCUT2D eigenvalue weighted by molar-refractivity contribution is -0.137. The molecule has 1 saturated carbocycles. The molecule has 0 aromatic heterocycles. The fourth-order valence-corrected chi connectivity index (χ4v) is 3.86. The van der Waals surface area contributed by atoms with Crippen LogP contribution >= 0.6 is 0 Å². The number of carbonyl (C=O) groups is 1. The van der Waals surface area contributed by atoms with Gasteiger partial charge in [0.15, 0.2) is 0 Å². The number of hydrogen-bond acceptors (Lipinski definition) is 3. The summed E-state index contributed by atoms with van der Waals surface area (Å²) in [6, 6.07) is 7.91. The van der Waals surface area contributed by atoms with Crippen LogP contribution < -0.4 is 10.2 Å². The maximum Gasteiger partial charge on any atom is 0.418 e. The fraction of sp³-hybridized carbons (Fsp3) is 0.391. The van der Waals surface area contributed by atoms with Crippen LogP contribution in [0.1, 0.15) is 43.2 Å². The Labute approximate surface area is 178 Å². The number of nitrogens with one attached hydrogen (secondary N) is 1. The van der Waals surface area contributed by atoms with Crippen molar-refractivity contribution in [3.05, 3.63) is 53.3 Å². The number of halogens is 4. The van der Waals surface area contributed by atoms with Crippen molar-refractivity contribution in [3.8, 4) is 0 Å². The fourth-order valence-electron chi connectivity index (χ4n) is 3.86. The van der Waals surface area contributed by atoms with Crippen LogP contribution in [0.2, 0.25) is 0 Å². The van der Waals surface area contributed by atoms with Crippen molar-refractivity contribution < 1.29 is 22.4 Å².